The third-order valence-electron chi connectivity index (χ3n) is 1.67. The first-order valence-corrected chi connectivity index (χ1v) is 4.46. The van der Waals surface area contributed by atoms with Crippen LogP contribution in [-0.4, -0.2) is 32.0 Å². The molecular formula is C4H7NO2S. The lowest BCUT2D eigenvalue weighted by molar-refractivity contribution is 0.598. The average Bonchev–Trinajstić information content (AvgIpc) is 2.11. The van der Waals surface area contributed by atoms with Crippen LogP contribution in [0.2, 0.25) is 0 Å². The normalized spacial score (nSPS) is 48.5. The molecule has 0 saturated carbocycles. The lowest BCUT2D eigenvalue weighted by Gasteiger charge is -1.90. The number of fused-ring (bicyclic) bond motifs is 1. The van der Waals surface area contributed by atoms with Crippen molar-refractivity contribution in [1.29, 1.82) is 0 Å². The summed E-state index contributed by atoms with van der Waals surface area (Å²) in [5.41, 5.74) is 0. The zero-order valence-corrected chi connectivity index (χ0v) is 5.11. The smallest absolute Gasteiger partial charge is 0.153 e. The summed E-state index contributed by atoms with van der Waals surface area (Å²) in [6.07, 6.45) is 0. The zero-order chi connectivity index (χ0) is 5.78. The van der Waals surface area contributed by atoms with E-state index in [-0.39, 0.29) is 0 Å². The molecule has 0 aromatic rings. The molecule has 46 valence electrons. The first-order valence-electron chi connectivity index (χ1n) is 2.64. The van der Waals surface area contributed by atoms with Gasteiger partial charge in [-0.25, -0.2) is 8.42 Å². The van der Waals surface area contributed by atoms with Crippen molar-refractivity contribution in [1.82, 2.24) is 5.32 Å². The van der Waals surface area contributed by atoms with Gasteiger partial charge in [-0.2, -0.15) is 0 Å². The maximum Gasteiger partial charge on any atom is 0.153 e. The van der Waals surface area contributed by atoms with E-state index in [1.54, 1.807) is 0 Å². The van der Waals surface area contributed by atoms with E-state index in [9.17, 15) is 8.42 Å². The largest absolute Gasteiger partial charge is 0.306 e. The van der Waals surface area contributed by atoms with Gasteiger partial charge in [-0.05, 0) is 0 Å². The summed E-state index contributed by atoms with van der Waals surface area (Å²) in [5, 5.41) is 3.04. The Morgan fingerprint density at radius 1 is 1.25 bits per heavy atom. The molecule has 2 heterocycles. The van der Waals surface area contributed by atoms with Crippen molar-refractivity contribution in [2.75, 3.05) is 11.5 Å². The quantitative estimate of drug-likeness (QED) is 0.420. The van der Waals surface area contributed by atoms with Crippen LogP contribution in [0.5, 0.6) is 0 Å². The molecule has 0 radical (unpaired) electrons. The second kappa shape index (κ2) is 1.09. The minimum Gasteiger partial charge on any atom is -0.306 e. The van der Waals surface area contributed by atoms with Crippen molar-refractivity contribution in [3.63, 3.8) is 0 Å². The van der Waals surface area contributed by atoms with Crippen molar-refractivity contribution in [2.45, 2.75) is 12.1 Å². The number of rotatable bonds is 0. The van der Waals surface area contributed by atoms with Crippen LogP contribution in [0.3, 0.4) is 0 Å². The van der Waals surface area contributed by atoms with E-state index in [0.717, 1.165) is 0 Å². The van der Waals surface area contributed by atoms with Crippen LogP contribution in [0.25, 0.3) is 0 Å². The number of nitrogens with one attached hydrogen (secondary N) is 1. The number of hydrogen-bond acceptors (Lipinski definition) is 3. The van der Waals surface area contributed by atoms with Gasteiger partial charge < -0.3 is 5.32 Å². The van der Waals surface area contributed by atoms with Gasteiger partial charge in [-0.3, -0.25) is 0 Å². The molecule has 0 aliphatic carbocycles. The van der Waals surface area contributed by atoms with Crippen LogP contribution >= 0.6 is 0 Å². The van der Waals surface area contributed by atoms with Crippen molar-refractivity contribution in [3.8, 4) is 0 Å². The highest BCUT2D eigenvalue weighted by Crippen LogP contribution is 2.23. The molecule has 0 aromatic carbocycles. The molecule has 0 aromatic heterocycles. The molecular weight excluding hydrogens is 126 g/mol. The molecule has 1 N–H and O–H groups in total. The van der Waals surface area contributed by atoms with Gasteiger partial charge in [0.15, 0.2) is 9.84 Å². The third kappa shape index (κ3) is 0.563. The Balaban J connectivity index is 2.30. The Hall–Kier alpha value is -0.0900. The highest BCUT2D eigenvalue weighted by atomic mass is 32.2. The highest BCUT2D eigenvalue weighted by Gasteiger charge is 2.48. The van der Waals surface area contributed by atoms with Gasteiger partial charge in [0.25, 0.3) is 0 Å². The lowest BCUT2D eigenvalue weighted by Crippen LogP contribution is -2.13. The van der Waals surface area contributed by atoms with E-state index in [4.69, 9.17) is 0 Å². The van der Waals surface area contributed by atoms with Crippen molar-refractivity contribution in [3.05, 3.63) is 0 Å². The average molecular weight is 133 g/mol. The fraction of sp³-hybridized carbons (Fsp3) is 1.00. The van der Waals surface area contributed by atoms with E-state index >= 15 is 0 Å². The first-order chi connectivity index (χ1) is 3.67. The second-order valence-electron chi connectivity index (χ2n) is 2.46. The summed E-state index contributed by atoms with van der Waals surface area (Å²) in [6.45, 7) is 0. The van der Waals surface area contributed by atoms with E-state index < -0.39 is 9.84 Å². The molecule has 2 saturated heterocycles. The molecule has 3 nitrogen and oxygen atoms in total. The van der Waals surface area contributed by atoms with Gasteiger partial charge in [0, 0.05) is 12.1 Å². The maximum absolute atomic E-state index is 10.6. The Kier molecular flexibility index (Phi) is 0.646. The van der Waals surface area contributed by atoms with Crippen LogP contribution in [0.15, 0.2) is 0 Å². The monoisotopic (exact) mass is 133 g/mol. The molecule has 0 bridgehead atoms. The zero-order valence-electron chi connectivity index (χ0n) is 4.29. The SMILES string of the molecule is O=S1(=O)C[C@H]2N[C@@H]2C1. The summed E-state index contributed by atoms with van der Waals surface area (Å²) in [7, 11) is -2.61. The van der Waals surface area contributed by atoms with E-state index in [1.807, 2.05) is 0 Å². The number of hydrogen-bond donors (Lipinski definition) is 1. The van der Waals surface area contributed by atoms with Crippen molar-refractivity contribution < 1.29 is 8.42 Å². The van der Waals surface area contributed by atoms with Crippen LogP contribution in [0, 0.1) is 0 Å². The Labute approximate surface area is 48.0 Å². The van der Waals surface area contributed by atoms with Gasteiger partial charge in [-0.1, -0.05) is 0 Å². The lowest BCUT2D eigenvalue weighted by atomic mass is 10.4. The Bertz CT molecular complexity index is 192. The van der Waals surface area contributed by atoms with Crippen molar-refractivity contribution >= 4 is 9.84 Å². The minimum atomic E-state index is -2.61. The van der Waals surface area contributed by atoms with Crippen LogP contribution in [0.1, 0.15) is 0 Å². The van der Waals surface area contributed by atoms with Crippen LogP contribution in [0.4, 0.5) is 0 Å². The topological polar surface area (TPSA) is 56.1 Å². The van der Waals surface area contributed by atoms with Crippen LogP contribution < -0.4 is 5.32 Å². The second-order valence-corrected chi connectivity index (χ2v) is 4.61. The summed E-state index contributed by atoms with van der Waals surface area (Å²) in [5.74, 6) is 0.745. The van der Waals surface area contributed by atoms with Gasteiger partial charge in [0.2, 0.25) is 0 Å². The van der Waals surface area contributed by atoms with E-state index in [2.05, 4.69) is 5.32 Å². The molecule has 0 spiro atoms. The fourth-order valence-electron chi connectivity index (χ4n) is 1.16. The van der Waals surface area contributed by atoms with Gasteiger partial charge in [0.1, 0.15) is 0 Å². The minimum absolute atomic E-state index is 0.319. The standard InChI is InChI=1S/C4H7NO2S/c6-8(7)1-3-4(2-8)5-3/h3-5H,1-2H2/t3-,4-/m1/s1. The summed E-state index contributed by atoms with van der Waals surface area (Å²) in [4.78, 5) is 0. The molecule has 0 amide bonds. The summed E-state index contributed by atoms with van der Waals surface area (Å²) in [6, 6.07) is 0.639. The maximum atomic E-state index is 10.6. The first kappa shape index (κ1) is 4.76. The third-order valence-corrected chi connectivity index (χ3v) is 3.41. The Morgan fingerprint density at radius 3 is 2.00 bits per heavy atom. The molecule has 4 heteroatoms. The summed E-state index contributed by atoms with van der Waals surface area (Å²) >= 11 is 0. The van der Waals surface area contributed by atoms with Gasteiger partial charge >= 0.3 is 0 Å². The van der Waals surface area contributed by atoms with E-state index in [0.29, 0.717) is 23.6 Å². The molecule has 0 unspecified atom stereocenters. The predicted octanol–water partition coefficient (Wildman–Crippen LogP) is -1.24. The molecule has 2 atom stereocenters. The van der Waals surface area contributed by atoms with Crippen molar-refractivity contribution in [2.24, 2.45) is 0 Å². The number of sulfone groups is 1. The summed E-state index contributed by atoms with van der Waals surface area (Å²) < 4.78 is 21.3. The van der Waals surface area contributed by atoms with Gasteiger partial charge in [-0.15, -0.1) is 0 Å². The molecule has 2 aliphatic rings. The molecule has 2 fully saturated rings. The highest BCUT2D eigenvalue weighted by molar-refractivity contribution is 7.91. The Morgan fingerprint density at radius 2 is 1.75 bits per heavy atom. The molecule has 2 rings (SSSR count). The van der Waals surface area contributed by atoms with E-state index in [1.165, 1.54) is 0 Å². The fourth-order valence-corrected chi connectivity index (χ4v) is 3.05. The molecule has 2 aliphatic heterocycles. The van der Waals surface area contributed by atoms with Gasteiger partial charge in [0.05, 0.1) is 11.5 Å². The molecule has 8 heavy (non-hydrogen) atoms. The van der Waals surface area contributed by atoms with Crippen LogP contribution in [-0.2, 0) is 9.84 Å². The predicted molar refractivity (Wildman–Crippen MR) is 29.4 cm³/mol.